The Hall–Kier alpha value is -2.98. The van der Waals surface area contributed by atoms with E-state index in [9.17, 15) is 0 Å². The molecule has 0 radical (unpaired) electrons. The normalized spacial score (nSPS) is 10.6. The third-order valence-electron chi connectivity index (χ3n) is 3.88. The first kappa shape index (κ1) is 15.5. The molecule has 0 fully saturated rings. The van der Waals surface area contributed by atoms with Crippen LogP contribution in [0.1, 0.15) is 0 Å². The molecule has 4 aromatic rings. The van der Waals surface area contributed by atoms with Crippen molar-refractivity contribution in [3.8, 4) is 33.9 Å². The van der Waals surface area contributed by atoms with Crippen LogP contribution in [0.4, 0.5) is 0 Å². The standard InChI is InChI=1S/C21H15N3S/c25-17-9-7-15(8-10-17)16-13-20(18-5-1-3-11-22-18)24-21(14-16)19-6-2-4-12-23-19/h1-14,25H. The molecule has 0 atom stereocenters. The molecule has 3 heterocycles. The summed E-state index contributed by atoms with van der Waals surface area (Å²) in [5, 5.41) is 0. The second kappa shape index (κ2) is 6.87. The summed E-state index contributed by atoms with van der Waals surface area (Å²) in [5.74, 6) is 0. The number of nitrogens with zero attached hydrogens (tertiary/aromatic N) is 3. The van der Waals surface area contributed by atoms with Crippen molar-refractivity contribution in [3.63, 3.8) is 0 Å². The summed E-state index contributed by atoms with van der Waals surface area (Å²) >= 11 is 4.37. The van der Waals surface area contributed by atoms with Crippen molar-refractivity contribution in [1.82, 2.24) is 15.0 Å². The predicted molar refractivity (Wildman–Crippen MR) is 103 cm³/mol. The van der Waals surface area contributed by atoms with E-state index < -0.39 is 0 Å². The van der Waals surface area contributed by atoms with Crippen LogP contribution in [0.2, 0.25) is 0 Å². The Kier molecular flexibility index (Phi) is 4.27. The van der Waals surface area contributed by atoms with Gasteiger partial charge in [-0.25, -0.2) is 4.98 Å². The predicted octanol–water partition coefficient (Wildman–Crippen LogP) is 5.16. The van der Waals surface area contributed by atoms with Crippen LogP contribution in [0.3, 0.4) is 0 Å². The lowest BCUT2D eigenvalue weighted by Crippen LogP contribution is -1.93. The Morgan fingerprint density at radius 3 is 1.60 bits per heavy atom. The Bertz CT molecular complexity index is 927. The van der Waals surface area contributed by atoms with Gasteiger partial charge in [0.15, 0.2) is 0 Å². The first-order valence-corrected chi connectivity index (χ1v) is 8.39. The molecule has 0 aliphatic rings. The lowest BCUT2D eigenvalue weighted by Gasteiger charge is -2.09. The van der Waals surface area contributed by atoms with Gasteiger partial charge < -0.3 is 0 Å². The van der Waals surface area contributed by atoms with Gasteiger partial charge >= 0.3 is 0 Å². The van der Waals surface area contributed by atoms with E-state index in [-0.39, 0.29) is 0 Å². The molecule has 3 nitrogen and oxygen atoms in total. The third kappa shape index (κ3) is 3.44. The fourth-order valence-corrected chi connectivity index (χ4v) is 2.79. The number of rotatable bonds is 3. The summed E-state index contributed by atoms with van der Waals surface area (Å²) in [6, 6.07) is 23.9. The van der Waals surface area contributed by atoms with Crippen LogP contribution < -0.4 is 0 Å². The van der Waals surface area contributed by atoms with Crippen molar-refractivity contribution in [2.24, 2.45) is 0 Å². The smallest absolute Gasteiger partial charge is 0.0900 e. The van der Waals surface area contributed by atoms with Crippen LogP contribution in [0.5, 0.6) is 0 Å². The first-order chi connectivity index (χ1) is 12.3. The monoisotopic (exact) mass is 341 g/mol. The van der Waals surface area contributed by atoms with E-state index in [4.69, 9.17) is 4.98 Å². The molecule has 1 aromatic carbocycles. The maximum atomic E-state index is 4.78. The van der Waals surface area contributed by atoms with Gasteiger partial charge in [0.1, 0.15) is 0 Å². The number of aromatic nitrogens is 3. The molecule has 25 heavy (non-hydrogen) atoms. The highest BCUT2D eigenvalue weighted by Gasteiger charge is 2.10. The molecule has 0 bridgehead atoms. The van der Waals surface area contributed by atoms with Crippen molar-refractivity contribution < 1.29 is 0 Å². The highest BCUT2D eigenvalue weighted by atomic mass is 32.1. The number of benzene rings is 1. The van der Waals surface area contributed by atoms with Gasteiger partial charge in [-0.1, -0.05) is 24.3 Å². The highest BCUT2D eigenvalue weighted by Crippen LogP contribution is 2.29. The van der Waals surface area contributed by atoms with Gasteiger partial charge in [-0.2, -0.15) is 0 Å². The molecule has 0 unspecified atom stereocenters. The fraction of sp³-hybridized carbons (Fsp3) is 0. The van der Waals surface area contributed by atoms with Gasteiger partial charge in [0.05, 0.1) is 22.8 Å². The van der Waals surface area contributed by atoms with E-state index in [1.54, 1.807) is 12.4 Å². The molecule has 0 aliphatic carbocycles. The molecule has 120 valence electrons. The molecule has 0 N–H and O–H groups in total. The third-order valence-corrected chi connectivity index (χ3v) is 4.18. The summed E-state index contributed by atoms with van der Waals surface area (Å²) in [7, 11) is 0. The zero-order valence-corrected chi connectivity index (χ0v) is 14.3. The Labute approximate surface area is 151 Å². The van der Waals surface area contributed by atoms with Crippen LogP contribution in [-0.4, -0.2) is 15.0 Å². The highest BCUT2D eigenvalue weighted by molar-refractivity contribution is 7.80. The lowest BCUT2D eigenvalue weighted by molar-refractivity contribution is 1.22. The summed E-state index contributed by atoms with van der Waals surface area (Å²) in [4.78, 5) is 14.6. The zero-order valence-electron chi connectivity index (χ0n) is 13.4. The quantitative estimate of drug-likeness (QED) is 0.523. The fourth-order valence-electron chi connectivity index (χ4n) is 2.64. The molecule has 3 aromatic heterocycles. The van der Waals surface area contributed by atoms with Crippen LogP contribution in [0.15, 0.2) is 90.1 Å². The molecular formula is C21H15N3S. The van der Waals surface area contributed by atoms with Crippen molar-refractivity contribution in [2.75, 3.05) is 0 Å². The molecule has 0 amide bonds. The van der Waals surface area contributed by atoms with E-state index >= 15 is 0 Å². The number of pyridine rings is 3. The zero-order chi connectivity index (χ0) is 17.1. The molecule has 4 heteroatoms. The second-order valence-electron chi connectivity index (χ2n) is 5.60. The molecule has 0 saturated heterocycles. The van der Waals surface area contributed by atoms with Crippen LogP contribution >= 0.6 is 12.6 Å². The minimum Gasteiger partial charge on any atom is -0.255 e. The van der Waals surface area contributed by atoms with Crippen molar-refractivity contribution >= 4 is 12.6 Å². The molecule has 0 spiro atoms. The summed E-state index contributed by atoms with van der Waals surface area (Å²) in [6.07, 6.45) is 3.56. The molecular weight excluding hydrogens is 326 g/mol. The minimum absolute atomic E-state index is 0.828. The van der Waals surface area contributed by atoms with Crippen molar-refractivity contribution in [3.05, 3.63) is 85.2 Å². The van der Waals surface area contributed by atoms with E-state index in [2.05, 4.69) is 46.9 Å². The summed E-state index contributed by atoms with van der Waals surface area (Å²) in [6.45, 7) is 0. The summed E-state index contributed by atoms with van der Waals surface area (Å²) < 4.78 is 0. The van der Waals surface area contributed by atoms with Crippen molar-refractivity contribution in [2.45, 2.75) is 4.90 Å². The van der Waals surface area contributed by atoms with Gasteiger partial charge in [0.25, 0.3) is 0 Å². The van der Waals surface area contributed by atoms with Crippen LogP contribution in [0.25, 0.3) is 33.9 Å². The number of thiol groups is 1. The Morgan fingerprint density at radius 2 is 1.12 bits per heavy atom. The molecule has 4 rings (SSSR count). The maximum Gasteiger partial charge on any atom is 0.0900 e. The largest absolute Gasteiger partial charge is 0.255 e. The van der Waals surface area contributed by atoms with Crippen molar-refractivity contribution in [1.29, 1.82) is 0 Å². The van der Waals surface area contributed by atoms with Gasteiger partial charge in [0.2, 0.25) is 0 Å². The average Bonchev–Trinajstić information content (AvgIpc) is 2.69. The number of hydrogen-bond donors (Lipinski definition) is 1. The van der Waals surface area contributed by atoms with Gasteiger partial charge in [-0.05, 0) is 59.7 Å². The van der Waals surface area contributed by atoms with Gasteiger partial charge in [-0.15, -0.1) is 12.6 Å². The molecule has 0 aliphatic heterocycles. The molecule has 0 saturated carbocycles. The topological polar surface area (TPSA) is 38.7 Å². The first-order valence-electron chi connectivity index (χ1n) is 7.94. The van der Waals surface area contributed by atoms with E-state index in [1.807, 2.05) is 48.5 Å². The van der Waals surface area contributed by atoms with E-state index in [1.165, 1.54) is 0 Å². The average molecular weight is 341 g/mol. The maximum absolute atomic E-state index is 4.78. The van der Waals surface area contributed by atoms with Gasteiger partial charge in [-0.3, -0.25) is 9.97 Å². The lowest BCUT2D eigenvalue weighted by atomic mass is 10.0. The SMILES string of the molecule is Sc1ccc(-c2cc(-c3ccccn3)nc(-c3ccccn3)c2)cc1. The van der Waals surface area contributed by atoms with Crippen LogP contribution in [-0.2, 0) is 0 Å². The van der Waals surface area contributed by atoms with E-state index in [0.717, 1.165) is 38.8 Å². The number of hydrogen-bond acceptors (Lipinski definition) is 4. The Balaban J connectivity index is 1.90. The van der Waals surface area contributed by atoms with Gasteiger partial charge in [0, 0.05) is 17.3 Å². The van der Waals surface area contributed by atoms with E-state index in [0.29, 0.717) is 0 Å². The van der Waals surface area contributed by atoms with Crippen LogP contribution in [0, 0.1) is 0 Å². The minimum atomic E-state index is 0.828. The second-order valence-corrected chi connectivity index (χ2v) is 6.12. The summed E-state index contributed by atoms with van der Waals surface area (Å²) in [5.41, 5.74) is 5.52. The Morgan fingerprint density at radius 1 is 0.560 bits per heavy atom.